The number of ether oxygens (including phenoxy) is 1. The van der Waals surface area contributed by atoms with Crippen molar-refractivity contribution >= 4 is 28.5 Å². The van der Waals surface area contributed by atoms with Gasteiger partial charge in [-0.25, -0.2) is 9.18 Å². The van der Waals surface area contributed by atoms with E-state index in [2.05, 4.69) is 4.90 Å². The van der Waals surface area contributed by atoms with Gasteiger partial charge < -0.3 is 19.0 Å². The molecular formula is C25H25FN2O5. The second-order valence-corrected chi connectivity index (χ2v) is 8.17. The molecule has 0 saturated carbocycles. The van der Waals surface area contributed by atoms with Crippen LogP contribution in [0.15, 0.2) is 45.6 Å². The minimum absolute atomic E-state index is 0.0502. The highest BCUT2D eigenvalue weighted by Crippen LogP contribution is 2.30. The number of amides is 1. The Hall–Kier alpha value is -3.68. The second kappa shape index (κ2) is 9.05. The van der Waals surface area contributed by atoms with E-state index < -0.39 is 11.6 Å². The molecule has 0 radical (unpaired) electrons. The SMILES string of the molecule is CC(=O)Oc1ccc2c(C)c(CC(=O)N3CCN(c4ccc(F)cc4)CC3)c(=O)oc2c1C. The van der Waals surface area contributed by atoms with Gasteiger partial charge in [-0.3, -0.25) is 9.59 Å². The molecule has 0 aliphatic carbocycles. The Morgan fingerprint density at radius 2 is 1.67 bits per heavy atom. The van der Waals surface area contributed by atoms with Crippen molar-refractivity contribution in [3.63, 3.8) is 0 Å². The molecule has 0 spiro atoms. The highest BCUT2D eigenvalue weighted by molar-refractivity contribution is 5.88. The average molecular weight is 452 g/mol. The molecule has 1 aliphatic heterocycles. The van der Waals surface area contributed by atoms with Crippen molar-refractivity contribution in [2.24, 2.45) is 0 Å². The van der Waals surface area contributed by atoms with E-state index in [1.54, 1.807) is 43.0 Å². The van der Waals surface area contributed by atoms with Crippen LogP contribution in [0.5, 0.6) is 5.75 Å². The largest absolute Gasteiger partial charge is 0.426 e. The Kier molecular flexibility index (Phi) is 6.18. The number of rotatable bonds is 4. The Morgan fingerprint density at radius 1 is 1.00 bits per heavy atom. The van der Waals surface area contributed by atoms with E-state index in [-0.39, 0.29) is 18.1 Å². The zero-order valence-electron chi connectivity index (χ0n) is 18.8. The first kappa shape index (κ1) is 22.5. The minimum atomic E-state index is -0.568. The smallest absolute Gasteiger partial charge is 0.340 e. The Balaban J connectivity index is 1.50. The number of aryl methyl sites for hydroxylation is 2. The van der Waals surface area contributed by atoms with Crippen LogP contribution in [-0.2, 0) is 16.0 Å². The average Bonchev–Trinajstić information content (AvgIpc) is 2.79. The van der Waals surface area contributed by atoms with Crippen molar-refractivity contribution in [2.75, 3.05) is 31.1 Å². The lowest BCUT2D eigenvalue weighted by Gasteiger charge is -2.36. The van der Waals surface area contributed by atoms with Gasteiger partial charge in [0.15, 0.2) is 0 Å². The molecule has 1 aliphatic rings. The predicted octanol–water partition coefficient (Wildman–Crippen LogP) is 3.37. The first-order valence-corrected chi connectivity index (χ1v) is 10.8. The van der Waals surface area contributed by atoms with E-state index >= 15 is 0 Å². The summed E-state index contributed by atoms with van der Waals surface area (Å²) in [6.07, 6.45) is -0.0502. The zero-order chi connectivity index (χ0) is 23.7. The van der Waals surface area contributed by atoms with Crippen LogP contribution in [0.1, 0.15) is 23.6 Å². The first-order chi connectivity index (χ1) is 15.7. The van der Waals surface area contributed by atoms with E-state index in [0.717, 1.165) is 5.69 Å². The van der Waals surface area contributed by atoms with Crippen LogP contribution < -0.4 is 15.3 Å². The summed E-state index contributed by atoms with van der Waals surface area (Å²) in [6, 6.07) is 9.69. The molecular weight excluding hydrogens is 427 g/mol. The van der Waals surface area contributed by atoms with Crippen molar-refractivity contribution in [1.29, 1.82) is 0 Å². The molecule has 0 unspecified atom stereocenters. The van der Waals surface area contributed by atoms with Crippen LogP contribution in [0.25, 0.3) is 11.0 Å². The van der Waals surface area contributed by atoms with Crippen LogP contribution >= 0.6 is 0 Å². The first-order valence-electron chi connectivity index (χ1n) is 10.8. The van der Waals surface area contributed by atoms with Crippen molar-refractivity contribution in [1.82, 2.24) is 4.90 Å². The predicted molar refractivity (Wildman–Crippen MR) is 122 cm³/mol. The molecule has 0 atom stereocenters. The summed E-state index contributed by atoms with van der Waals surface area (Å²) in [6.45, 7) is 7.09. The Labute approximate surface area is 190 Å². The summed E-state index contributed by atoms with van der Waals surface area (Å²) in [5.41, 5.74) is 2.25. The number of esters is 1. The lowest BCUT2D eigenvalue weighted by molar-refractivity contribution is -0.132. The molecule has 172 valence electrons. The Morgan fingerprint density at radius 3 is 2.30 bits per heavy atom. The summed E-state index contributed by atoms with van der Waals surface area (Å²) >= 11 is 0. The van der Waals surface area contributed by atoms with Crippen LogP contribution in [0.4, 0.5) is 10.1 Å². The van der Waals surface area contributed by atoms with Gasteiger partial charge in [0.05, 0.1) is 12.0 Å². The molecule has 1 amide bonds. The topological polar surface area (TPSA) is 80.1 Å². The summed E-state index contributed by atoms with van der Waals surface area (Å²) in [4.78, 5) is 40.8. The summed E-state index contributed by atoms with van der Waals surface area (Å²) in [5, 5.41) is 0.701. The highest BCUT2D eigenvalue weighted by atomic mass is 19.1. The second-order valence-electron chi connectivity index (χ2n) is 8.17. The number of benzene rings is 2. The molecule has 33 heavy (non-hydrogen) atoms. The maximum Gasteiger partial charge on any atom is 0.340 e. The molecule has 8 heteroatoms. The molecule has 1 saturated heterocycles. The third kappa shape index (κ3) is 4.60. The van der Waals surface area contributed by atoms with Crippen molar-refractivity contribution in [3.05, 3.63) is 69.3 Å². The third-order valence-corrected chi connectivity index (χ3v) is 6.06. The molecule has 1 aromatic heterocycles. The number of carbonyl (C=O) groups excluding carboxylic acids is 2. The number of piperazine rings is 1. The summed E-state index contributed by atoms with van der Waals surface area (Å²) < 4.78 is 23.9. The number of halogens is 1. The van der Waals surface area contributed by atoms with E-state index in [1.807, 2.05) is 0 Å². The van der Waals surface area contributed by atoms with Gasteiger partial charge in [-0.1, -0.05) is 0 Å². The van der Waals surface area contributed by atoms with Crippen LogP contribution in [0, 0.1) is 19.7 Å². The quantitative estimate of drug-likeness (QED) is 0.343. The highest BCUT2D eigenvalue weighted by Gasteiger charge is 2.24. The fraction of sp³-hybridized carbons (Fsp3) is 0.320. The number of hydrogen-bond donors (Lipinski definition) is 0. The van der Waals surface area contributed by atoms with Gasteiger partial charge in [-0.2, -0.15) is 0 Å². The van der Waals surface area contributed by atoms with Gasteiger partial charge >= 0.3 is 11.6 Å². The summed E-state index contributed by atoms with van der Waals surface area (Å²) in [7, 11) is 0. The standard InChI is InChI=1S/C25H25FN2O5/c1-15-20-8-9-22(32-17(3)29)16(2)24(20)33-25(31)21(15)14-23(30)28-12-10-27(11-13-28)19-6-4-18(26)5-7-19/h4-9H,10-14H2,1-3H3. The van der Waals surface area contributed by atoms with Crippen LogP contribution in [-0.4, -0.2) is 43.0 Å². The fourth-order valence-electron chi connectivity index (χ4n) is 4.17. The third-order valence-electron chi connectivity index (χ3n) is 6.06. The van der Waals surface area contributed by atoms with Gasteiger partial charge in [0.1, 0.15) is 17.1 Å². The minimum Gasteiger partial charge on any atom is -0.426 e. The summed E-state index contributed by atoms with van der Waals surface area (Å²) in [5.74, 6) is -0.551. The number of hydrogen-bond acceptors (Lipinski definition) is 6. The molecule has 0 bridgehead atoms. The molecule has 7 nitrogen and oxygen atoms in total. The maximum atomic E-state index is 13.2. The normalized spacial score (nSPS) is 13.9. The molecule has 4 rings (SSSR count). The van der Waals surface area contributed by atoms with Gasteiger partial charge in [-0.15, -0.1) is 0 Å². The molecule has 1 fully saturated rings. The molecule has 0 N–H and O–H groups in total. The number of fused-ring (bicyclic) bond motifs is 1. The van der Waals surface area contributed by atoms with E-state index in [0.29, 0.717) is 59.6 Å². The van der Waals surface area contributed by atoms with Crippen molar-refractivity contribution < 1.29 is 23.1 Å². The van der Waals surface area contributed by atoms with Crippen LogP contribution in [0.2, 0.25) is 0 Å². The number of nitrogens with zero attached hydrogens (tertiary/aromatic N) is 2. The number of anilines is 1. The molecule has 2 heterocycles. The monoisotopic (exact) mass is 452 g/mol. The lowest BCUT2D eigenvalue weighted by Crippen LogP contribution is -2.49. The van der Waals surface area contributed by atoms with Gasteiger partial charge in [0.2, 0.25) is 5.91 Å². The van der Waals surface area contributed by atoms with E-state index in [9.17, 15) is 18.8 Å². The van der Waals surface area contributed by atoms with Crippen molar-refractivity contribution in [2.45, 2.75) is 27.2 Å². The van der Waals surface area contributed by atoms with Crippen molar-refractivity contribution in [3.8, 4) is 5.75 Å². The Bertz CT molecular complexity index is 1270. The van der Waals surface area contributed by atoms with E-state index in [1.165, 1.54) is 19.1 Å². The number of carbonyl (C=O) groups is 2. The lowest BCUT2D eigenvalue weighted by atomic mass is 10.0. The van der Waals surface area contributed by atoms with Crippen LogP contribution in [0.3, 0.4) is 0 Å². The fourth-order valence-corrected chi connectivity index (χ4v) is 4.17. The molecule has 3 aromatic rings. The van der Waals surface area contributed by atoms with Gasteiger partial charge in [0, 0.05) is 49.7 Å². The zero-order valence-corrected chi connectivity index (χ0v) is 18.8. The molecule has 2 aromatic carbocycles. The van der Waals surface area contributed by atoms with Gasteiger partial charge in [0.25, 0.3) is 0 Å². The van der Waals surface area contributed by atoms with E-state index in [4.69, 9.17) is 9.15 Å². The maximum absolute atomic E-state index is 13.2. The van der Waals surface area contributed by atoms with Gasteiger partial charge in [-0.05, 0) is 55.8 Å².